The molecule has 3 nitrogen and oxygen atoms in total. The molecule has 2 rings (SSSR count). The van der Waals surface area contributed by atoms with Crippen LogP contribution in [-0.2, 0) is 10.5 Å². The fourth-order valence-corrected chi connectivity index (χ4v) is 2.62. The number of thioether (sulfide) groups is 1. The largest absolute Gasteiger partial charge is 0.325 e. The lowest BCUT2D eigenvalue weighted by atomic mass is 10.2. The molecular formula is C16H13ClN2OS. The first kappa shape index (κ1) is 15.4. The van der Waals surface area contributed by atoms with Crippen LogP contribution in [0.5, 0.6) is 0 Å². The van der Waals surface area contributed by atoms with Crippen LogP contribution in [0, 0.1) is 11.3 Å². The van der Waals surface area contributed by atoms with Crippen molar-refractivity contribution in [1.82, 2.24) is 0 Å². The average Bonchev–Trinajstić information content (AvgIpc) is 2.49. The molecule has 1 N–H and O–H groups in total. The third kappa shape index (κ3) is 5.14. The Morgan fingerprint density at radius 1 is 1.24 bits per heavy atom. The van der Waals surface area contributed by atoms with Crippen molar-refractivity contribution in [3.8, 4) is 6.07 Å². The van der Waals surface area contributed by atoms with Gasteiger partial charge in [-0.25, -0.2) is 0 Å². The smallest absolute Gasteiger partial charge is 0.234 e. The Balaban J connectivity index is 1.79. The van der Waals surface area contributed by atoms with Crippen LogP contribution in [0.2, 0.25) is 5.02 Å². The highest BCUT2D eigenvalue weighted by Crippen LogP contribution is 2.16. The molecule has 0 aliphatic rings. The molecule has 1 amide bonds. The summed E-state index contributed by atoms with van der Waals surface area (Å²) in [5.41, 5.74) is 2.30. The molecular weight excluding hydrogens is 304 g/mol. The molecule has 2 aromatic carbocycles. The Labute approximate surface area is 132 Å². The van der Waals surface area contributed by atoms with Crippen molar-refractivity contribution >= 4 is 35.0 Å². The van der Waals surface area contributed by atoms with Gasteiger partial charge in [0.05, 0.1) is 17.4 Å². The number of nitrogens with zero attached hydrogens (tertiary/aromatic N) is 1. The van der Waals surface area contributed by atoms with E-state index in [2.05, 4.69) is 5.32 Å². The number of nitrogens with one attached hydrogen (secondary N) is 1. The highest BCUT2D eigenvalue weighted by atomic mass is 35.5. The van der Waals surface area contributed by atoms with Crippen LogP contribution < -0.4 is 5.32 Å². The highest BCUT2D eigenvalue weighted by Gasteiger charge is 2.04. The predicted octanol–water partition coefficient (Wildman–Crippen LogP) is 4.08. The van der Waals surface area contributed by atoms with E-state index < -0.39 is 0 Å². The van der Waals surface area contributed by atoms with Gasteiger partial charge in [-0.05, 0) is 35.9 Å². The summed E-state index contributed by atoms with van der Waals surface area (Å²) in [7, 11) is 0. The van der Waals surface area contributed by atoms with Crippen molar-refractivity contribution in [3.05, 3.63) is 64.7 Å². The zero-order valence-electron chi connectivity index (χ0n) is 11.2. The molecule has 21 heavy (non-hydrogen) atoms. The molecule has 0 bridgehead atoms. The molecule has 0 spiro atoms. The summed E-state index contributed by atoms with van der Waals surface area (Å²) in [4.78, 5) is 11.8. The lowest BCUT2D eigenvalue weighted by molar-refractivity contribution is -0.113. The maximum atomic E-state index is 11.8. The zero-order chi connectivity index (χ0) is 15.1. The Bertz CT molecular complexity index is 665. The minimum absolute atomic E-state index is 0.0796. The zero-order valence-corrected chi connectivity index (χ0v) is 12.7. The van der Waals surface area contributed by atoms with Crippen molar-refractivity contribution in [3.63, 3.8) is 0 Å². The van der Waals surface area contributed by atoms with E-state index in [0.29, 0.717) is 22.0 Å². The van der Waals surface area contributed by atoms with Crippen molar-refractivity contribution in [2.24, 2.45) is 0 Å². The van der Waals surface area contributed by atoms with Crippen LogP contribution in [0.3, 0.4) is 0 Å². The van der Waals surface area contributed by atoms with Crippen LogP contribution in [0.4, 0.5) is 5.69 Å². The minimum atomic E-state index is -0.0796. The number of benzene rings is 2. The Morgan fingerprint density at radius 3 is 2.71 bits per heavy atom. The number of anilines is 1. The summed E-state index contributed by atoms with van der Waals surface area (Å²) in [5, 5.41) is 12.3. The number of hydrogen-bond acceptors (Lipinski definition) is 3. The molecule has 0 atom stereocenters. The summed E-state index contributed by atoms with van der Waals surface area (Å²) in [6, 6.07) is 16.5. The van der Waals surface area contributed by atoms with E-state index in [0.717, 1.165) is 11.3 Å². The number of carbonyl (C=O) groups excluding carboxylic acids is 1. The highest BCUT2D eigenvalue weighted by molar-refractivity contribution is 7.99. The van der Waals surface area contributed by atoms with E-state index in [9.17, 15) is 4.79 Å². The van der Waals surface area contributed by atoms with E-state index in [-0.39, 0.29) is 5.91 Å². The SMILES string of the molecule is N#Cc1cccc(NC(=O)CSCc2ccc(Cl)cc2)c1. The van der Waals surface area contributed by atoms with Gasteiger partial charge in [0, 0.05) is 16.5 Å². The van der Waals surface area contributed by atoms with E-state index >= 15 is 0 Å². The molecule has 0 radical (unpaired) electrons. The molecule has 0 aliphatic carbocycles. The van der Waals surface area contributed by atoms with Crippen molar-refractivity contribution < 1.29 is 4.79 Å². The minimum Gasteiger partial charge on any atom is -0.325 e. The Kier molecular flexibility index (Phi) is 5.68. The number of rotatable bonds is 5. The quantitative estimate of drug-likeness (QED) is 0.904. The summed E-state index contributed by atoms with van der Waals surface area (Å²) < 4.78 is 0. The summed E-state index contributed by atoms with van der Waals surface area (Å²) >= 11 is 7.35. The topological polar surface area (TPSA) is 52.9 Å². The van der Waals surface area contributed by atoms with Crippen LogP contribution in [0.1, 0.15) is 11.1 Å². The van der Waals surface area contributed by atoms with Gasteiger partial charge in [0.2, 0.25) is 5.91 Å². The van der Waals surface area contributed by atoms with E-state index in [1.54, 1.807) is 24.3 Å². The molecule has 0 heterocycles. The molecule has 0 aliphatic heterocycles. The number of halogens is 1. The van der Waals surface area contributed by atoms with Crippen LogP contribution in [0.25, 0.3) is 0 Å². The van der Waals surface area contributed by atoms with Crippen LogP contribution in [-0.4, -0.2) is 11.7 Å². The first-order valence-corrected chi connectivity index (χ1v) is 7.83. The first-order valence-electron chi connectivity index (χ1n) is 6.29. The van der Waals surface area contributed by atoms with Gasteiger partial charge in [-0.3, -0.25) is 4.79 Å². The van der Waals surface area contributed by atoms with Gasteiger partial charge in [0.15, 0.2) is 0 Å². The van der Waals surface area contributed by atoms with Crippen molar-refractivity contribution in [2.75, 3.05) is 11.1 Å². The van der Waals surface area contributed by atoms with E-state index in [4.69, 9.17) is 16.9 Å². The van der Waals surface area contributed by atoms with Crippen molar-refractivity contribution in [1.29, 1.82) is 5.26 Å². The number of carbonyl (C=O) groups is 1. The molecule has 0 saturated carbocycles. The monoisotopic (exact) mass is 316 g/mol. The van der Waals surface area contributed by atoms with Gasteiger partial charge in [0.25, 0.3) is 0 Å². The number of amides is 1. The second kappa shape index (κ2) is 7.72. The van der Waals surface area contributed by atoms with Crippen molar-refractivity contribution in [2.45, 2.75) is 5.75 Å². The molecule has 0 saturated heterocycles. The summed E-state index contributed by atoms with van der Waals surface area (Å²) in [6.45, 7) is 0. The molecule has 0 unspecified atom stereocenters. The molecule has 106 valence electrons. The standard InChI is InChI=1S/C16H13ClN2OS/c17-14-6-4-12(5-7-14)10-21-11-16(20)19-15-3-1-2-13(8-15)9-18/h1-8H,10-11H2,(H,19,20). The van der Waals surface area contributed by atoms with Gasteiger partial charge in [0.1, 0.15) is 0 Å². The van der Waals surface area contributed by atoms with Gasteiger partial charge < -0.3 is 5.32 Å². The van der Waals surface area contributed by atoms with Crippen LogP contribution in [0.15, 0.2) is 48.5 Å². The Morgan fingerprint density at radius 2 is 2.00 bits per heavy atom. The first-order chi connectivity index (χ1) is 10.2. The van der Waals surface area contributed by atoms with E-state index in [1.807, 2.05) is 30.3 Å². The fourth-order valence-electron chi connectivity index (χ4n) is 1.71. The molecule has 5 heteroatoms. The normalized spacial score (nSPS) is 9.90. The third-order valence-corrected chi connectivity index (χ3v) is 3.95. The maximum Gasteiger partial charge on any atom is 0.234 e. The van der Waals surface area contributed by atoms with Gasteiger partial charge >= 0.3 is 0 Å². The second-order valence-electron chi connectivity index (χ2n) is 4.36. The average molecular weight is 317 g/mol. The van der Waals surface area contributed by atoms with Gasteiger partial charge in [-0.15, -0.1) is 11.8 Å². The van der Waals surface area contributed by atoms with Crippen LogP contribution >= 0.6 is 23.4 Å². The molecule has 2 aromatic rings. The lowest BCUT2D eigenvalue weighted by Crippen LogP contribution is -2.14. The van der Waals surface area contributed by atoms with Gasteiger partial charge in [-0.2, -0.15) is 5.26 Å². The van der Waals surface area contributed by atoms with Gasteiger partial charge in [-0.1, -0.05) is 29.8 Å². The second-order valence-corrected chi connectivity index (χ2v) is 5.78. The maximum absolute atomic E-state index is 11.8. The van der Waals surface area contributed by atoms with E-state index in [1.165, 1.54) is 11.8 Å². The fraction of sp³-hybridized carbons (Fsp3) is 0.125. The summed E-state index contributed by atoms with van der Waals surface area (Å²) in [5.74, 6) is 1.03. The molecule has 0 aromatic heterocycles. The lowest BCUT2D eigenvalue weighted by Gasteiger charge is -2.05. The predicted molar refractivity (Wildman–Crippen MR) is 87.4 cm³/mol. The molecule has 0 fully saturated rings. The Hall–Kier alpha value is -1.96. The summed E-state index contributed by atoms with van der Waals surface area (Å²) in [6.07, 6.45) is 0. The third-order valence-electron chi connectivity index (χ3n) is 2.69. The number of hydrogen-bond donors (Lipinski definition) is 1. The number of nitriles is 1.